The molecule has 1 aliphatic heterocycles. The number of nitrogens with one attached hydrogen (secondary N) is 1. The second kappa shape index (κ2) is 9.16. The van der Waals surface area contributed by atoms with Crippen LogP contribution in [0.4, 0.5) is 9.52 Å². The van der Waals surface area contributed by atoms with Crippen molar-refractivity contribution in [3.05, 3.63) is 65.3 Å². The van der Waals surface area contributed by atoms with E-state index in [1.54, 1.807) is 24.3 Å². The molecule has 1 aromatic heterocycles. The maximum absolute atomic E-state index is 13.1. The number of piperidine rings is 1. The van der Waals surface area contributed by atoms with Crippen LogP contribution in [-0.4, -0.2) is 36.7 Å². The first-order chi connectivity index (χ1) is 15.4. The molecule has 1 N–H and O–H groups in total. The van der Waals surface area contributed by atoms with E-state index in [1.165, 1.54) is 27.8 Å². The Kier molecular flexibility index (Phi) is 6.32. The number of nitrogens with zero attached hydrogens (tertiary/aromatic N) is 3. The summed E-state index contributed by atoms with van der Waals surface area (Å²) in [5, 5.41) is 14.0. The maximum Gasteiger partial charge on any atom is 0.243 e. The first-order valence-corrected chi connectivity index (χ1v) is 12.2. The number of rotatable bonds is 5. The van der Waals surface area contributed by atoms with Crippen LogP contribution < -0.4 is 5.32 Å². The highest BCUT2D eigenvalue weighted by atomic mass is 32.2. The maximum atomic E-state index is 13.1. The van der Waals surface area contributed by atoms with E-state index >= 15 is 0 Å². The zero-order valence-corrected chi connectivity index (χ0v) is 18.5. The lowest BCUT2D eigenvalue weighted by molar-refractivity contribution is -0.120. The molecule has 1 fully saturated rings. The Labute approximate surface area is 189 Å². The number of aromatic nitrogens is 1. The third kappa shape index (κ3) is 4.70. The van der Waals surface area contributed by atoms with Gasteiger partial charge in [-0.1, -0.05) is 12.1 Å². The second-order valence-electron chi connectivity index (χ2n) is 7.35. The van der Waals surface area contributed by atoms with Crippen molar-refractivity contribution in [2.75, 3.05) is 18.4 Å². The van der Waals surface area contributed by atoms with Gasteiger partial charge in [0.1, 0.15) is 5.82 Å². The molecule has 0 saturated carbocycles. The second-order valence-corrected chi connectivity index (χ2v) is 10.1. The molecule has 7 nitrogen and oxygen atoms in total. The van der Waals surface area contributed by atoms with Crippen molar-refractivity contribution in [1.29, 1.82) is 5.26 Å². The van der Waals surface area contributed by atoms with Gasteiger partial charge in [0.15, 0.2) is 5.13 Å². The van der Waals surface area contributed by atoms with Crippen molar-refractivity contribution in [2.24, 2.45) is 5.92 Å². The number of benzene rings is 2. The Morgan fingerprint density at radius 2 is 1.78 bits per heavy atom. The highest BCUT2D eigenvalue weighted by Gasteiger charge is 2.32. The fourth-order valence-corrected chi connectivity index (χ4v) is 5.69. The van der Waals surface area contributed by atoms with Crippen LogP contribution in [0.15, 0.2) is 58.8 Å². The summed E-state index contributed by atoms with van der Waals surface area (Å²) in [7, 11) is -3.71. The topological polar surface area (TPSA) is 103 Å². The predicted octanol–water partition coefficient (Wildman–Crippen LogP) is 3.86. The normalized spacial score (nSPS) is 15.2. The van der Waals surface area contributed by atoms with Gasteiger partial charge in [-0.25, -0.2) is 17.8 Å². The number of thiazole rings is 1. The Balaban J connectivity index is 1.35. The summed E-state index contributed by atoms with van der Waals surface area (Å²) < 4.78 is 39.9. The molecule has 0 aliphatic carbocycles. The SMILES string of the molecule is N#Cc1ccc(-c2csc(NC(=O)C3CCN(S(=O)(=O)c4ccc(F)cc4)CC3)n2)cc1. The molecule has 2 aromatic carbocycles. The lowest BCUT2D eigenvalue weighted by atomic mass is 9.97. The average molecular weight is 471 g/mol. The first kappa shape index (κ1) is 22.1. The van der Waals surface area contributed by atoms with Gasteiger partial charge >= 0.3 is 0 Å². The number of hydrogen-bond acceptors (Lipinski definition) is 6. The molecule has 10 heteroatoms. The molecule has 4 rings (SSSR count). The first-order valence-electron chi connectivity index (χ1n) is 9.89. The third-order valence-electron chi connectivity index (χ3n) is 5.32. The van der Waals surface area contributed by atoms with Crippen molar-refractivity contribution in [2.45, 2.75) is 17.7 Å². The highest BCUT2D eigenvalue weighted by molar-refractivity contribution is 7.89. The van der Waals surface area contributed by atoms with E-state index in [0.717, 1.165) is 17.7 Å². The van der Waals surface area contributed by atoms with Gasteiger partial charge in [0.25, 0.3) is 0 Å². The molecule has 0 radical (unpaired) electrons. The summed E-state index contributed by atoms with van der Waals surface area (Å²) in [5.41, 5.74) is 2.11. The Morgan fingerprint density at radius 3 is 2.41 bits per heavy atom. The molecule has 164 valence electrons. The summed E-state index contributed by atoms with van der Waals surface area (Å²) in [6.45, 7) is 0.429. The Hall–Kier alpha value is -3.13. The number of amides is 1. The molecule has 1 saturated heterocycles. The van der Waals surface area contributed by atoms with Crippen molar-refractivity contribution in [3.63, 3.8) is 0 Å². The third-order valence-corrected chi connectivity index (χ3v) is 7.99. The van der Waals surface area contributed by atoms with Crippen LogP contribution in [0.2, 0.25) is 0 Å². The number of nitriles is 1. The van der Waals surface area contributed by atoms with E-state index in [-0.39, 0.29) is 29.8 Å². The van der Waals surface area contributed by atoms with Crippen molar-refractivity contribution in [3.8, 4) is 17.3 Å². The fourth-order valence-electron chi connectivity index (χ4n) is 3.50. The number of anilines is 1. The molecule has 32 heavy (non-hydrogen) atoms. The van der Waals surface area contributed by atoms with E-state index < -0.39 is 15.8 Å². The van der Waals surface area contributed by atoms with Crippen LogP contribution in [0.5, 0.6) is 0 Å². The molecule has 0 bridgehead atoms. The van der Waals surface area contributed by atoms with E-state index in [4.69, 9.17) is 5.26 Å². The average Bonchev–Trinajstić information content (AvgIpc) is 3.28. The molecular weight excluding hydrogens is 451 g/mol. The molecule has 1 aliphatic rings. The zero-order chi connectivity index (χ0) is 22.7. The summed E-state index contributed by atoms with van der Waals surface area (Å²) in [5.74, 6) is -1.01. The van der Waals surface area contributed by atoms with Crippen LogP contribution >= 0.6 is 11.3 Å². The summed E-state index contributed by atoms with van der Waals surface area (Å²) in [6.07, 6.45) is 0.778. The Morgan fingerprint density at radius 1 is 1.12 bits per heavy atom. The number of carbonyl (C=O) groups excluding carboxylic acids is 1. The minimum atomic E-state index is -3.71. The molecular formula is C22H19FN4O3S2. The zero-order valence-electron chi connectivity index (χ0n) is 16.9. The summed E-state index contributed by atoms with van der Waals surface area (Å²) in [4.78, 5) is 17.2. The van der Waals surface area contributed by atoms with Gasteiger partial charge in [0, 0.05) is 30.0 Å². The van der Waals surface area contributed by atoms with Gasteiger partial charge in [0.2, 0.25) is 15.9 Å². The van der Waals surface area contributed by atoms with Gasteiger partial charge in [-0.3, -0.25) is 4.79 Å². The molecule has 0 unspecified atom stereocenters. The van der Waals surface area contributed by atoms with E-state index in [2.05, 4.69) is 16.4 Å². The lowest BCUT2D eigenvalue weighted by Crippen LogP contribution is -2.41. The summed E-state index contributed by atoms with van der Waals surface area (Å²) in [6, 6.07) is 13.8. The minimum absolute atomic E-state index is 0.0416. The molecule has 1 amide bonds. The number of sulfonamides is 1. The van der Waals surface area contributed by atoms with Gasteiger partial charge in [-0.2, -0.15) is 9.57 Å². The van der Waals surface area contributed by atoms with Crippen molar-refractivity contribution >= 4 is 32.4 Å². The molecule has 2 heterocycles. The van der Waals surface area contributed by atoms with Gasteiger partial charge in [-0.05, 0) is 49.2 Å². The van der Waals surface area contributed by atoms with Crippen LogP contribution in [0.25, 0.3) is 11.3 Å². The lowest BCUT2D eigenvalue weighted by Gasteiger charge is -2.30. The van der Waals surface area contributed by atoms with Crippen molar-refractivity contribution < 1.29 is 17.6 Å². The van der Waals surface area contributed by atoms with E-state index in [0.29, 0.717) is 29.2 Å². The largest absolute Gasteiger partial charge is 0.302 e. The highest BCUT2D eigenvalue weighted by Crippen LogP contribution is 2.28. The van der Waals surface area contributed by atoms with Gasteiger partial charge < -0.3 is 5.32 Å². The summed E-state index contributed by atoms with van der Waals surface area (Å²) >= 11 is 1.30. The van der Waals surface area contributed by atoms with Crippen LogP contribution in [0, 0.1) is 23.1 Å². The molecule has 0 spiro atoms. The fraction of sp³-hybridized carbons (Fsp3) is 0.227. The van der Waals surface area contributed by atoms with E-state index in [1.807, 2.05) is 5.38 Å². The molecule has 0 atom stereocenters. The predicted molar refractivity (Wildman–Crippen MR) is 119 cm³/mol. The van der Waals surface area contributed by atoms with Gasteiger partial charge in [-0.15, -0.1) is 11.3 Å². The minimum Gasteiger partial charge on any atom is -0.302 e. The standard InChI is InChI=1S/C22H19FN4O3S2/c23-18-5-7-19(8-6-18)32(29,30)27-11-9-17(10-12-27)21(28)26-22-25-20(14-31-22)16-3-1-15(13-24)2-4-16/h1-8,14,17H,9-12H2,(H,25,26,28). The smallest absolute Gasteiger partial charge is 0.243 e. The van der Waals surface area contributed by atoms with E-state index in [9.17, 15) is 17.6 Å². The number of carbonyl (C=O) groups is 1. The van der Waals surface area contributed by atoms with Crippen LogP contribution in [-0.2, 0) is 14.8 Å². The van der Waals surface area contributed by atoms with Gasteiger partial charge in [0.05, 0.1) is 22.2 Å². The number of hydrogen-bond donors (Lipinski definition) is 1. The Bertz CT molecular complexity index is 1260. The van der Waals surface area contributed by atoms with Crippen LogP contribution in [0.1, 0.15) is 18.4 Å². The number of halogens is 1. The van der Waals surface area contributed by atoms with Crippen molar-refractivity contribution in [1.82, 2.24) is 9.29 Å². The quantitative estimate of drug-likeness (QED) is 0.610. The monoisotopic (exact) mass is 470 g/mol. The van der Waals surface area contributed by atoms with Crippen LogP contribution in [0.3, 0.4) is 0 Å². The molecule has 3 aromatic rings.